The van der Waals surface area contributed by atoms with Gasteiger partial charge in [-0.25, -0.2) is 0 Å². The van der Waals surface area contributed by atoms with Crippen LogP contribution in [0.5, 0.6) is 5.75 Å². The molecule has 24 heavy (non-hydrogen) atoms. The van der Waals surface area contributed by atoms with Gasteiger partial charge >= 0.3 is 6.61 Å². The molecule has 0 bridgehead atoms. The first-order valence-electron chi connectivity index (χ1n) is 7.72. The highest BCUT2D eigenvalue weighted by molar-refractivity contribution is 7.07. The van der Waals surface area contributed by atoms with Crippen LogP contribution in [0, 0.1) is 0 Å². The summed E-state index contributed by atoms with van der Waals surface area (Å²) < 4.78 is 28.5. The SMILES string of the molecule is O=C(CN1CCCC1c1ccsc1)Nc1ccc(OC(F)F)cc1. The molecule has 7 heteroatoms. The predicted molar refractivity (Wildman–Crippen MR) is 89.6 cm³/mol. The summed E-state index contributed by atoms with van der Waals surface area (Å²) in [5.74, 6) is -0.0419. The monoisotopic (exact) mass is 352 g/mol. The van der Waals surface area contributed by atoms with E-state index in [0.29, 0.717) is 18.3 Å². The van der Waals surface area contributed by atoms with Gasteiger partial charge in [0, 0.05) is 11.7 Å². The summed E-state index contributed by atoms with van der Waals surface area (Å²) in [7, 11) is 0. The van der Waals surface area contributed by atoms with Gasteiger partial charge in [-0.3, -0.25) is 9.69 Å². The zero-order chi connectivity index (χ0) is 16.9. The van der Waals surface area contributed by atoms with Crippen molar-refractivity contribution in [1.29, 1.82) is 0 Å². The summed E-state index contributed by atoms with van der Waals surface area (Å²) >= 11 is 1.66. The van der Waals surface area contributed by atoms with Crippen LogP contribution in [0.25, 0.3) is 0 Å². The summed E-state index contributed by atoms with van der Waals surface area (Å²) in [4.78, 5) is 14.4. The average molecular weight is 352 g/mol. The Morgan fingerprint density at radius 3 is 2.79 bits per heavy atom. The maximum atomic E-state index is 12.2. The number of thiophene rings is 1. The Morgan fingerprint density at radius 2 is 2.12 bits per heavy atom. The molecule has 1 aromatic carbocycles. The zero-order valence-electron chi connectivity index (χ0n) is 13.0. The van der Waals surface area contributed by atoms with E-state index in [1.807, 2.05) is 0 Å². The number of ether oxygens (including phenoxy) is 1. The molecule has 0 radical (unpaired) electrons. The van der Waals surface area contributed by atoms with Crippen LogP contribution in [0.2, 0.25) is 0 Å². The first kappa shape index (κ1) is 16.9. The van der Waals surface area contributed by atoms with E-state index in [1.165, 1.54) is 17.7 Å². The number of hydrogen-bond acceptors (Lipinski definition) is 4. The smallest absolute Gasteiger partial charge is 0.387 e. The third-order valence-electron chi connectivity index (χ3n) is 4.00. The summed E-state index contributed by atoms with van der Waals surface area (Å²) in [6, 6.07) is 8.32. The lowest BCUT2D eigenvalue weighted by Gasteiger charge is -2.23. The average Bonchev–Trinajstić information content (AvgIpc) is 3.19. The number of likely N-dealkylation sites (tertiary alicyclic amines) is 1. The second-order valence-electron chi connectivity index (χ2n) is 5.64. The van der Waals surface area contributed by atoms with Gasteiger partial charge in [-0.05, 0) is 66.0 Å². The molecular formula is C17H18F2N2O2S. The van der Waals surface area contributed by atoms with Crippen molar-refractivity contribution in [2.45, 2.75) is 25.5 Å². The van der Waals surface area contributed by atoms with Gasteiger partial charge in [-0.15, -0.1) is 0 Å². The lowest BCUT2D eigenvalue weighted by Crippen LogP contribution is -2.32. The van der Waals surface area contributed by atoms with Crippen LogP contribution < -0.4 is 10.1 Å². The highest BCUT2D eigenvalue weighted by Crippen LogP contribution is 2.32. The number of benzene rings is 1. The number of nitrogens with one attached hydrogen (secondary N) is 1. The maximum Gasteiger partial charge on any atom is 0.387 e. The summed E-state index contributed by atoms with van der Waals surface area (Å²) in [5, 5.41) is 6.97. The Bertz CT molecular complexity index is 662. The Kier molecular flexibility index (Phi) is 5.42. The standard InChI is InChI=1S/C17H18F2N2O2S/c18-17(19)23-14-5-3-13(4-6-14)20-16(22)10-21-8-1-2-15(21)12-7-9-24-11-12/h3-7,9,11,15,17H,1-2,8,10H2,(H,20,22). The van der Waals surface area contributed by atoms with Gasteiger partial charge in [-0.1, -0.05) is 0 Å². The van der Waals surface area contributed by atoms with Gasteiger partial charge in [0.15, 0.2) is 0 Å². The number of nitrogens with zero attached hydrogens (tertiary/aromatic N) is 1. The fourth-order valence-corrected chi connectivity index (χ4v) is 3.67. The van der Waals surface area contributed by atoms with Crippen LogP contribution in [-0.4, -0.2) is 30.5 Å². The van der Waals surface area contributed by atoms with E-state index in [0.717, 1.165) is 19.4 Å². The molecular weight excluding hydrogens is 334 g/mol. The van der Waals surface area contributed by atoms with Gasteiger partial charge < -0.3 is 10.1 Å². The molecule has 1 amide bonds. The van der Waals surface area contributed by atoms with Crippen molar-refractivity contribution in [2.24, 2.45) is 0 Å². The van der Waals surface area contributed by atoms with Crippen LogP contribution in [0.3, 0.4) is 0 Å². The summed E-state index contributed by atoms with van der Waals surface area (Å²) in [6.07, 6.45) is 2.14. The van der Waals surface area contributed by atoms with Crippen LogP contribution in [-0.2, 0) is 4.79 Å². The van der Waals surface area contributed by atoms with E-state index in [4.69, 9.17) is 0 Å². The summed E-state index contributed by atoms with van der Waals surface area (Å²) in [6.45, 7) is -1.64. The topological polar surface area (TPSA) is 41.6 Å². The molecule has 1 N–H and O–H groups in total. The molecule has 1 aromatic heterocycles. The van der Waals surface area contributed by atoms with Crippen molar-refractivity contribution in [3.05, 3.63) is 46.7 Å². The molecule has 0 saturated carbocycles. The van der Waals surface area contributed by atoms with Crippen molar-refractivity contribution < 1.29 is 18.3 Å². The maximum absolute atomic E-state index is 12.2. The van der Waals surface area contributed by atoms with Crippen molar-refractivity contribution >= 4 is 22.9 Å². The second-order valence-corrected chi connectivity index (χ2v) is 6.42. The predicted octanol–water partition coefficient (Wildman–Crippen LogP) is 4.13. The first-order valence-corrected chi connectivity index (χ1v) is 8.67. The van der Waals surface area contributed by atoms with Gasteiger partial charge in [0.1, 0.15) is 5.75 Å². The molecule has 128 valence electrons. The zero-order valence-corrected chi connectivity index (χ0v) is 13.8. The van der Waals surface area contributed by atoms with E-state index < -0.39 is 6.61 Å². The fourth-order valence-electron chi connectivity index (χ4n) is 2.96. The molecule has 1 unspecified atom stereocenters. The van der Waals surface area contributed by atoms with E-state index in [2.05, 4.69) is 31.8 Å². The number of carbonyl (C=O) groups is 1. The molecule has 2 heterocycles. The highest BCUT2D eigenvalue weighted by atomic mass is 32.1. The number of carbonyl (C=O) groups excluding carboxylic acids is 1. The van der Waals surface area contributed by atoms with Crippen LogP contribution >= 0.6 is 11.3 Å². The van der Waals surface area contributed by atoms with Crippen molar-refractivity contribution in [1.82, 2.24) is 4.90 Å². The second kappa shape index (κ2) is 7.72. The molecule has 3 rings (SSSR count). The fraction of sp³-hybridized carbons (Fsp3) is 0.353. The molecule has 1 saturated heterocycles. The van der Waals surface area contributed by atoms with Crippen LogP contribution in [0.15, 0.2) is 41.1 Å². The molecule has 0 spiro atoms. The Balaban J connectivity index is 1.55. The molecule has 0 aliphatic carbocycles. The van der Waals surface area contributed by atoms with Crippen LogP contribution in [0.1, 0.15) is 24.4 Å². The molecule has 1 atom stereocenters. The minimum Gasteiger partial charge on any atom is -0.435 e. The number of amides is 1. The Hall–Kier alpha value is -1.99. The molecule has 1 aliphatic rings. The molecule has 1 fully saturated rings. The van der Waals surface area contributed by atoms with Gasteiger partial charge in [0.2, 0.25) is 5.91 Å². The van der Waals surface area contributed by atoms with Crippen LogP contribution in [0.4, 0.5) is 14.5 Å². The molecule has 1 aliphatic heterocycles. The Labute approximate surface area is 143 Å². The number of anilines is 1. The lowest BCUT2D eigenvalue weighted by molar-refractivity contribution is -0.117. The quantitative estimate of drug-likeness (QED) is 0.850. The minimum absolute atomic E-state index is 0.0695. The van der Waals surface area contributed by atoms with Crippen molar-refractivity contribution in [2.75, 3.05) is 18.4 Å². The number of alkyl halides is 2. The van der Waals surface area contributed by atoms with Gasteiger partial charge in [-0.2, -0.15) is 20.1 Å². The first-order chi connectivity index (χ1) is 11.6. The number of hydrogen-bond donors (Lipinski definition) is 1. The highest BCUT2D eigenvalue weighted by Gasteiger charge is 2.27. The van der Waals surface area contributed by atoms with Crippen molar-refractivity contribution in [3.8, 4) is 5.75 Å². The lowest BCUT2D eigenvalue weighted by atomic mass is 10.1. The number of rotatable bonds is 6. The number of halogens is 2. The van der Waals surface area contributed by atoms with E-state index in [-0.39, 0.29) is 11.7 Å². The van der Waals surface area contributed by atoms with Gasteiger partial charge in [0.25, 0.3) is 0 Å². The summed E-state index contributed by atoms with van der Waals surface area (Å²) in [5.41, 5.74) is 1.83. The van der Waals surface area contributed by atoms with E-state index >= 15 is 0 Å². The minimum atomic E-state index is -2.85. The third-order valence-corrected chi connectivity index (χ3v) is 4.70. The van der Waals surface area contributed by atoms with Crippen molar-refractivity contribution in [3.63, 3.8) is 0 Å². The van der Waals surface area contributed by atoms with Gasteiger partial charge in [0.05, 0.1) is 6.54 Å². The molecule has 2 aromatic rings. The van der Waals surface area contributed by atoms with E-state index in [9.17, 15) is 13.6 Å². The van der Waals surface area contributed by atoms with E-state index in [1.54, 1.807) is 23.5 Å². The normalized spacial score (nSPS) is 18.0. The Morgan fingerprint density at radius 1 is 1.33 bits per heavy atom. The third kappa shape index (κ3) is 4.30. The molecule has 4 nitrogen and oxygen atoms in total. The largest absolute Gasteiger partial charge is 0.435 e.